The zero-order chi connectivity index (χ0) is 19.7. The van der Waals surface area contributed by atoms with Crippen LogP contribution in [0.3, 0.4) is 0 Å². The number of rotatable bonds is 5. The molecule has 2 aromatic rings. The first-order valence-corrected chi connectivity index (χ1v) is 9.07. The van der Waals surface area contributed by atoms with Gasteiger partial charge in [0.2, 0.25) is 5.43 Å². The molecule has 0 radical (unpaired) electrons. The normalized spacial score (nSPS) is 14.7. The van der Waals surface area contributed by atoms with Crippen LogP contribution in [0.25, 0.3) is 10.9 Å². The van der Waals surface area contributed by atoms with Crippen LogP contribution in [0.4, 0.5) is 11.5 Å². The average molecular weight is 394 g/mol. The molecule has 0 unspecified atom stereocenters. The number of anilines is 1. The number of non-ortho nitro benzene ring substituents is 1. The Hall–Kier alpha value is -2.45. The summed E-state index contributed by atoms with van der Waals surface area (Å²) in [6.45, 7) is 5.66. The summed E-state index contributed by atoms with van der Waals surface area (Å²) >= 11 is 6.21. The van der Waals surface area contributed by atoms with Crippen LogP contribution in [0.2, 0.25) is 5.02 Å². The van der Waals surface area contributed by atoms with Crippen molar-refractivity contribution in [3.63, 3.8) is 0 Å². The molecule has 144 valence electrons. The molecule has 1 N–H and O–H groups in total. The van der Waals surface area contributed by atoms with Crippen molar-refractivity contribution in [3.05, 3.63) is 43.1 Å². The molecule has 0 atom stereocenters. The first-order chi connectivity index (χ1) is 12.8. The van der Waals surface area contributed by atoms with E-state index in [1.54, 1.807) is 0 Å². The molecule has 0 saturated carbocycles. The van der Waals surface area contributed by atoms with Crippen molar-refractivity contribution in [2.75, 3.05) is 31.2 Å². The van der Waals surface area contributed by atoms with Crippen molar-refractivity contribution in [1.82, 2.24) is 4.98 Å². The number of carbonyl (C=O) groups excluding carboxylic acids is 1. The molecule has 1 aromatic heterocycles. The zero-order valence-electron chi connectivity index (χ0n) is 15.1. The Morgan fingerprint density at radius 1 is 1.37 bits per heavy atom. The van der Waals surface area contributed by atoms with Crippen molar-refractivity contribution in [3.8, 4) is 0 Å². The molecule has 9 heteroatoms. The van der Waals surface area contributed by atoms with E-state index in [-0.39, 0.29) is 45.3 Å². The van der Waals surface area contributed by atoms with Crippen molar-refractivity contribution in [2.45, 2.75) is 20.3 Å². The summed E-state index contributed by atoms with van der Waals surface area (Å²) in [6.07, 6.45) is 0.167. The second-order valence-electron chi connectivity index (χ2n) is 6.87. The number of fused-ring (bicyclic) bond motifs is 1. The Bertz CT molecular complexity index is 964. The number of H-pyrrole nitrogens is 1. The van der Waals surface area contributed by atoms with Crippen molar-refractivity contribution >= 4 is 39.8 Å². The first kappa shape index (κ1) is 19.3. The molecule has 27 heavy (non-hydrogen) atoms. The number of hydrogen-bond acceptors (Lipinski definition) is 6. The molecule has 2 heterocycles. The number of aromatic amines is 1. The van der Waals surface area contributed by atoms with Gasteiger partial charge in [0.1, 0.15) is 16.8 Å². The van der Waals surface area contributed by atoms with E-state index in [1.807, 2.05) is 18.7 Å². The number of hydrogen-bond donors (Lipinski definition) is 1. The lowest BCUT2D eigenvalue weighted by Crippen LogP contribution is -2.39. The van der Waals surface area contributed by atoms with E-state index in [0.29, 0.717) is 32.1 Å². The maximum absolute atomic E-state index is 13.2. The fraction of sp³-hybridized carbons (Fsp3) is 0.444. The number of halogens is 1. The molecular formula is C18H20ClN3O5. The van der Waals surface area contributed by atoms with Crippen LogP contribution in [-0.4, -0.2) is 42.0 Å². The lowest BCUT2D eigenvalue weighted by molar-refractivity contribution is -0.383. The minimum Gasteiger partial charge on any atom is -0.378 e. The third kappa shape index (κ3) is 3.68. The van der Waals surface area contributed by atoms with Gasteiger partial charge in [-0.25, -0.2) is 0 Å². The third-order valence-electron chi connectivity index (χ3n) is 4.46. The van der Waals surface area contributed by atoms with E-state index < -0.39 is 10.4 Å². The maximum atomic E-state index is 13.2. The molecule has 1 aromatic carbocycles. The maximum Gasteiger partial charge on any atom is 0.282 e. The summed E-state index contributed by atoms with van der Waals surface area (Å²) in [4.78, 5) is 41.8. The summed E-state index contributed by atoms with van der Waals surface area (Å²) < 4.78 is 5.34. The Balaban J connectivity index is 2.34. The summed E-state index contributed by atoms with van der Waals surface area (Å²) in [5.41, 5.74) is -0.921. The molecular weight excluding hydrogens is 374 g/mol. The lowest BCUT2D eigenvalue weighted by atomic mass is 9.98. The van der Waals surface area contributed by atoms with E-state index in [4.69, 9.17) is 16.3 Å². The number of nitrogens with one attached hydrogen (secondary N) is 1. The van der Waals surface area contributed by atoms with Crippen LogP contribution in [0.15, 0.2) is 16.9 Å². The Morgan fingerprint density at radius 2 is 2.04 bits per heavy atom. The molecule has 0 aliphatic carbocycles. The van der Waals surface area contributed by atoms with Gasteiger partial charge in [0, 0.05) is 25.6 Å². The van der Waals surface area contributed by atoms with E-state index in [0.717, 1.165) is 0 Å². The molecule has 0 bridgehead atoms. The SMILES string of the molecule is CC(C)CC(=O)c1c(N2CCOCC2)[nH]c2c(Cl)ccc([N+](=O)[O-])c2c1=O. The van der Waals surface area contributed by atoms with Gasteiger partial charge in [-0.3, -0.25) is 19.7 Å². The molecule has 1 fully saturated rings. The smallest absolute Gasteiger partial charge is 0.282 e. The minimum atomic E-state index is -0.662. The highest BCUT2D eigenvalue weighted by atomic mass is 35.5. The van der Waals surface area contributed by atoms with Crippen LogP contribution >= 0.6 is 11.6 Å². The number of nitro benzene ring substituents is 1. The van der Waals surface area contributed by atoms with Gasteiger partial charge in [-0.2, -0.15) is 0 Å². The van der Waals surface area contributed by atoms with Crippen LogP contribution in [0.5, 0.6) is 0 Å². The van der Waals surface area contributed by atoms with E-state index in [2.05, 4.69) is 4.98 Å². The van der Waals surface area contributed by atoms with Crippen LogP contribution < -0.4 is 10.3 Å². The van der Waals surface area contributed by atoms with Gasteiger partial charge >= 0.3 is 0 Å². The highest BCUT2D eigenvalue weighted by Crippen LogP contribution is 2.31. The second-order valence-corrected chi connectivity index (χ2v) is 7.28. The lowest BCUT2D eigenvalue weighted by Gasteiger charge is -2.30. The topological polar surface area (TPSA) is 106 Å². The number of carbonyl (C=O) groups is 1. The molecule has 8 nitrogen and oxygen atoms in total. The molecule has 0 amide bonds. The summed E-state index contributed by atoms with van der Waals surface area (Å²) in [7, 11) is 0. The number of pyridine rings is 1. The zero-order valence-corrected chi connectivity index (χ0v) is 15.8. The Labute approximate surface area is 160 Å². The molecule has 3 rings (SSSR count). The van der Waals surface area contributed by atoms with Crippen molar-refractivity contribution < 1.29 is 14.5 Å². The van der Waals surface area contributed by atoms with Gasteiger partial charge < -0.3 is 14.6 Å². The number of aromatic nitrogens is 1. The molecule has 1 aliphatic heterocycles. The highest BCUT2D eigenvalue weighted by Gasteiger charge is 2.28. The van der Waals surface area contributed by atoms with Crippen molar-refractivity contribution in [2.24, 2.45) is 5.92 Å². The predicted molar refractivity (Wildman–Crippen MR) is 103 cm³/mol. The van der Waals surface area contributed by atoms with Gasteiger partial charge in [-0.15, -0.1) is 0 Å². The predicted octanol–water partition coefficient (Wildman–Crippen LogP) is 3.16. The number of Topliss-reactive ketones (excluding diaryl/α,β-unsaturated/α-hetero) is 1. The summed E-state index contributed by atoms with van der Waals surface area (Å²) in [5.74, 6) is 0.0484. The summed E-state index contributed by atoms with van der Waals surface area (Å²) in [6, 6.07) is 2.56. The number of ether oxygens (including phenoxy) is 1. The van der Waals surface area contributed by atoms with Gasteiger partial charge in [0.15, 0.2) is 5.78 Å². The van der Waals surface area contributed by atoms with Crippen LogP contribution in [-0.2, 0) is 4.74 Å². The molecule has 0 spiro atoms. The van der Waals surface area contributed by atoms with Crippen molar-refractivity contribution in [1.29, 1.82) is 0 Å². The first-order valence-electron chi connectivity index (χ1n) is 8.70. The monoisotopic (exact) mass is 393 g/mol. The van der Waals surface area contributed by atoms with E-state index in [9.17, 15) is 19.7 Å². The fourth-order valence-electron chi connectivity index (χ4n) is 3.24. The van der Waals surface area contributed by atoms with Crippen LogP contribution in [0.1, 0.15) is 30.6 Å². The Morgan fingerprint density at radius 3 is 2.63 bits per heavy atom. The highest BCUT2D eigenvalue weighted by molar-refractivity contribution is 6.35. The van der Waals surface area contributed by atoms with Gasteiger partial charge in [-0.05, 0) is 12.0 Å². The Kier molecular flexibility index (Phi) is 5.48. The summed E-state index contributed by atoms with van der Waals surface area (Å²) in [5, 5.41) is 11.4. The van der Waals surface area contributed by atoms with Gasteiger partial charge in [-0.1, -0.05) is 25.4 Å². The number of nitrogens with zero attached hydrogens (tertiary/aromatic N) is 2. The quantitative estimate of drug-likeness (QED) is 0.475. The number of morpholine rings is 1. The largest absolute Gasteiger partial charge is 0.378 e. The number of benzene rings is 1. The fourth-order valence-corrected chi connectivity index (χ4v) is 3.44. The van der Waals surface area contributed by atoms with Gasteiger partial charge in [0.25, 0.3) is 5.69 Å². The third-order valence-corrected chi connectivity index (χ3v) is 4.78. The number of ketones is 1. The minimum absolute atomic E-state index is 0.0412. The van der Waals surface area contributed by atoms with Gasteiger partial charge in [0.05, 0.1) is 28.7 Å². The van der Waals surface area contributed by atoms with E-state index in [1.165, 1.54) is 12.1 Å². The molecule has 1 saturated heterocycles. The average Bonchev–Trinajstić information content (AvgIpc) is 2.62. The molecule has 1 aliphatic rings. The number of nitro groups is 1. The van der Waals surface area contributed by atoms with Crippen LogP contribution in [0, 0.1) is 16.0 Å². The standard InChI is InChI=1S/C18H20ClN3O5/c1-10(2)9-13(23)15-17(24)14-12(22(25)26)4-3-11(19)16(14)20-18(15)21-5-7-27-8-6-21/h3-4,10H,5-9H2,1-2H3,(H,20,24). The second kappa shape index (κ2) is 7.66. The van der Waals surface area contributed by atoms with E-state index >= 15 is 0 Å².